The molecule has 0 saturated heterocycles. The van der Waals surface area contributed by atoms with Gasteiger partial charge in [0.2, 0.25) is 0 Å². The summed E-state index contributed by atoms with van der Waals surface area (Å²) in [5.74, 6) is 0. The van der Waals surface area contributed by atoms with Gasteiger partial charge in [-0.1, -0.05) is 11.6 Å². The molecule has 0 saturated carbocycles. The lowest BCUT2D eigenvalue weighted by Crippen LogP contribution is -1.92. The molecule has 3 nitrogen and oxygen atoms in total. The number of thiophene rings is 1. The van der Waals surface area contributed by atoms with Gasteiger partial charge in [0.05, 0.1) is 5.69 Å². The molecule has 0 radical (unpaired) electrons. The predicted octanol–water partition coefficient (Wildman–Crippen LogP) is 1.39. The van der Waals surface area contributed by atoms with Crippen LogP contribution in [0.25, 0.3) is 0 Å². The molecule has 0 fully saturated rings. The average molecular weight is 212 g/mol. The van der Waals surface area contributed by atoms with Gasteiger partial charge in [0.25, 0.3) is 0 Å². The summed E-state index contributed by atoms with van der Waals surface area (Å²) < 4.78 is 22.3. The number of anilines is 1. The monoisotopic (exact) mass is 211 g/mol. The molecule has 0 atom stereocenters. The van der Waals surface area contributed by atoms with E-state index in [2.05, 4.69) is 0 Å². The summed E-state index contributed by atoms with van der Waals surface area (Å²) in [6.07, 6.45) is 1.12. The third-order valence-corrected chi connectivity index (χ3v) is 4.25. The van der Waals surface area contributed by atoms with Crippen LogP contribution in [-0.2, 0) is 9.84 Å². The first kappa shape index (κ1) is 8.83. The minimum atomic E-state index is -3.15. The second-order valence-electron chi connectivity index (χ2n) is 2.07. The van der Waals surface area contributed by atoms with E-state index in [0.717, 1.165) is 17.6 Å². The molecular weight excluding hydrogens is 206 g/mol. The standard InChI is InChI=1S/C5H6ClNO2S2/c1-11(8,9)4-2-3(7)5(6)10-4/h2H,7H2,1H3. The molecule has 0 aliphatic heterocycles. The van der Waals surface area contributed by atoms with Gasteiger partial charge in [0.1, 0.15) is 8.55 Å². The highest BCUT2D eigenvalue weighted by molar-refractivity contribution is 7.92. The van der Waals surface area contributed by atoms with Gasteiger partial charge < -0.3 is 5.73 Å². The van der Waals surface area contributed by atoms with Crippen LogP contribution in [0.3, 0.4) is 0 Å². The maximum absolute atomic E-state index is 10.9. The number of halogens is 1. The molecule has 0 aromatic carbocycles. The van der Waals surface area contributed by atoms with Crippen LogP contribution >= 0.6 is 22.9 Å². The van der Waals surface area contributed by atoms with Crippen molar-refractivity contribution in [1.29, 1.82) is 0 Å². The average Bonchev–Trinajstić information content (AvgIpc) is 2.11. The van der Waals surface area contributed by atoms with Crippen molar-refractivity contribution < 1.29 is 8.42 Å². The second kappa shape index (κ2) is 2.66. The third kappa shape index (κ3) is 1.85. The molecule has 1 aromatic rings. The van der Waals surface area contributed by atoms with Gasteiger partial charge in [-0.05, 0) is 6.07 Å². The fourth-order valence-corrected chi connectivity index (χ4v) is 2.72. The van der Waals surface area contributed by atoms with E-state index in [1.807, 2.05) is 0 Å². The normalized spacial score (nSPS) is 11.8. The van der Waals surface area contributed by atoms with Gasteiger partial charge in [0.15, 0.2) is 9.84 Å². The first-order valence-corrected chi connectivity index (χ1v) is 5.74. The molecule has 11 heavy (non-hydrogen) atoms. The zero-order valence-electron chi connectivity index (χ0n) is 5.67. The van der Waals surface area contributed by atoms with Crippen molar-refractivity contribution in [3.8, 4) is 0 Å². The topological polar surface area (TPSA) is 60.2 Å². The van der Waals surface area contributed by atoms with Crippen molar-refractivity contribution in [2.75, 3.05) is 12.0 Å². The van der Waals surface area contributed by atoms with E-state index in [1.165, 1.54) is 6.07 Å². The number of sulfone groups is 1. The fraction of sp³-hybridized carbons (Fsp3) is 0.200. The van der Waals surface area contributed by atoms with Crippen LogP contribution in [0.4, 0.5) is 5.69 Å². The smallest absolute Gasteiger partial charge is 0.185 e. The van der Waals surface area contributed by atoms with E-state index in [4.69, 9.17) is 17.3 Å². The lowest BCUT2D eigenvalue weighted by Gasteiger charge is -1.86. The molecule has 62 valence electrons. The Kier molecular flexibility index (Phi) is 2.13. The number of nitrogen functional groups attached to an aromatic ring is 1. The zero-order chi connectivity index (χ0) is 8.65. The minimum Gasteiger partial charge on any atom is -0.397 e. The Morgan fingerprint density at radius 2 is 2.18 bits per heavy atom. The lowest BCUT2D eigenvalue weighted by atomic mass is 10.6. The highest BCUT2D eigenvalue weighted by Crippen LogP contribution is 2.32. The number of rotatable bonds is 1. The molecule has 0 amide bonds. The van der Waals surface area contributed by atoms with E-state index in [0.29, 0.717) is 10.0 Å². The largest absolute Gasteiger partial charge is 0.397 e. The van der Waals surface area contributed by atoms with Crippen LogP contribution in [0.2, 0.25) is 4.34 Å². The highest BCUT2D eigenvalue weighted by Gasteiger charge is 2.12. The molecule has 0 aliphatic carbocycles. The molecular formula is C5H6ClNO2S2. The van der Waals surface area contributed by atoms with Crippen molar-refractivity contribution in [1.82, 2.24) is 0 Å². The Labute approximate surface area is 73.7 Å². The van der Waals surface area contributed by atoms with Crippen molar-refractivity contribution in [3.05, 3.63) is 10.4 Å². The van der Waals surface area contributed by atoms with Gasteiger partial charge in [-0.2, -0.15) is 0 Å². The summed E-state index contributed by atoms with van der Waals surface area (Å²) in [5.41, 5.74) is 5.67. The number of nitrogens with two attached hydrogens (primary N) is 1. The molecule has 1 rings (SSSR count). The zero-order valence-corrected chi connectivity index (χ0v) is 8.05. The van der Waals surface area contributed by atoms with Crippen LogP contribution < -0.4 is 5.73 Å². The molecule has 0 spiro atoms. The van der Waals surface area contributed by atoms with E-state index >= 15 is 0 Å². The van der Waals surface area contributed by atoms with Crippen LogP contribution in [0.1, 0.15) is 0 Å². The molecule has 2 N–H and O–H groups in total. The molecule has 0 aliphatic rings. The summed E-state index contributed by atoms with van der Waals surface area (Å²) in [4.78, 5) is 0. The summed E-state index contributed by atoms with van der Waals surface area (Å²) >= 11 is 6.54. The van der Waals surface area contributed by atoms with Gasteiger partial charge >= 0.3 is 0 Å². The Balaban J connectivity index is 3.29. The summed E-state index contributed by atoms with van der Waals surface area (Å²) in [6, 6.07) is 1.36. The van der Waals surface area contributed by atoms with Crippen LogP contribution in [0, 0.1) is 0 Å². The number of hydrogen-bond donors (Lipinski definition) is 1. The second-order valence-corrected chi connectivity index (χ2v) is 5.96. The first-order valence-electron chi connectivity index (χ1n) is 2.66. The molecule has 6 heteroatoms. The molecule has 0 unspecified atom stereocenters. The van der Waals surface area contributed by atoms with Gasteiger partial charge in [0, 0.05) is 6.26 Å². The van der Waals surface area contributed by atoms with Gasteiger partial charge in [-0.25, -0.2) is 8.42 Å². The van der Waals surface area contributed by atoms with Gasteiger partial charge in [-0.3, -0.25) is 0 Å². The van der Waals surface area contributed by atoms with Crippen molar-refractivity contribution in [3.63, 3.8) is 0 Å². The van der Waals surface area contributed by atoms with Crippen LogP contribution in [0.15, 0.2) is 10.3 Å². The Morgan fingerprint density at radius 1 is 1.64 bits per heavy atom. The molecule has 0 bridgehead atoms. The summed E-state index contributed by atoms with van der Waals surface area (Å²) in [5, 5.41) is 0. The maximum atomic E-state index is 10.9. The predicted molar refractivity (Wildman–Crippen MR) is 46.9 cm³/mol. The van der Waals surface area contributed by atoms with Crippen molar-refractivity contribution in [2.45, 2.75) is 4.21 Å². The quantitative estimate of drug-likeness (QED) is 0.764. The molecule has 1 heterocycles. The van der Waals surface area contributed by atoms with Crippen LogP contribution in [-0.4, -0.2) is 14.7 Å². The van der Waals surface area contributed by atoms with E-state index in [9.17, 15) is 8.42 Å². The highest BCUT2D eigenvalue weighted by atomic mass is 35.5. The van der Waals surface area contributed by atoms with E-state index in [1.54, 1.807) is 0 Å². The lowest BCUT2D eigenvalue weighted by molar-refractivity contribution is 0.604. The summed E-state index contributed by atoms with van der Waals surface area (Å²) in [7, 11) is -3.15. The number of hydrogen-bond acceptors (Lipinski definition) is 4. The minimum absolute atomic E-state index is 0.208. The van der Waals surface area contributed by atoms with Crippen LogP contribution in [0.5, 0.6) is 0 Å². The van der Waals surface area contributed by atoms with E-state index in [-0.39, 0.29) is 4.21 Å². The third-order valence-electron chi connectivity index (χ3n) is 1.06. The SMILES string of the molecule is CS(=O)(=O)c1cc(N)c(Cl)s1. The van der Waals surface area contributed by atoms with Gasteiger partial charge in [-0.15, -0.1) is 11.3 Å². The Morgan fingerprint density at radius 3 is 2.36 bits per heavy atom. The Hall–Kier alpha value is -0.260. The molecule has 1 aromatic heterocycles. The van der Waals surface area contributed by atoms with E-state index < -0.39 is 9.84 Å². The van der Waals surface area contributed by atoms with Crippen molar-refractivity contribution >= 4 is 38.5 Å². The Bertz CT molecular complexity index is 348. The fourth-order valence-electron chi connectivity index (χ4n) is 0.543. The first-order chi connectivity index (χ1) is 4.91. The summed E-state index contributed by atoms with van der Waals surface area (Å²) in [6.45, 7) is 0. The maximum Gasteiger partial charge on any atom is 0.185 e. The van der Waals surface area contributed by atoms with Crippen molar-refractivity contribution in [2.24, 2.45) is 0 Å².